The Bertz CT molecular complexity index is 874. The highest BCUT2D eigenvalue weighted by molar-refractivity contribution is 6.01. The first kappa shape index (κ1) is 19.9. The predicted octanol–water partition coefficient (Wildman–Crippen LogP) is 1.88. The number of fused-ring (bicyclic) bond motifs is 1. The molecule has 0 radical (unpaired) electrons. The number of nitrogens with one attached hydrogen (secondary N) is 1. The van der Waals surface area contributed by atoms with E-state index in [0.717, 1.165) is 28.7 Å². The Morgan fingerprint density at radius 3 is 2.46 bits per heavy atom. The number of nitrogens with zero attached hydrogens (tertiary/aromatic N) is 5. The van der Waals surface area contributed by atoms with E-state index in [9.17, 15) is 9.59 Å². The first-order chi connectivity index (χ1) is 13.4. The molecule has 1 fully saturated rings. The van der Waals surface area contributed by atoms with E-state index < -0.39 is 0 Å². The van der Waals surface area contributed by atoms with E-state index in [1.807, 2.05) is 36.9 Å². The van der Waals surface area contributed by atoms with Crippen LogP contribution in [0.1, 0.15) is 29.4 Å². The molecule has 0 bridgehead atoms. The van der Waals surface area contributed by atoms with E-state index in [1.165, 1.54) is 0 Å². The third-order valence-electron chi connectivity index (χ3n) is 4.98. The smallest absolute Gasteiger partial charge is 0.319 e. The average Bonchev–Trinajstić information content (AvgIpc) is 2.71. The van der Waals surface area contributed by atoms with E-state index in [1.54, 1.807) is 19.0 Å². The SMILES string of the molecule is CCCNC(=O)c1ccc2c(N3CCN(C(=O)N(C)C)CC3)nnc(C)c2c1. The van der Waals surface area contributed by atoms with Crippen molar-refractivity contribution in [1.82, 2.24) is 25.3 Å². The summed E-state index contributed by atoms with van der Waals surface area (Å²) in [6.45, 7) is 7.28. The maximum absolute atomic E-state index is 12.3. The molecule has 1 N–H and O–H groups in total. The number of benzene rings is 1. The second-order valence-electron chi connectivity index (χ2n) is 7.28. The van der Waals surface area contributed by atoms with Crippen molar-refractivity contribution in [2.45, 2.75) is 20.3 Å². The van der Waals surface area contributed by atoms with Gasteiger partial charge in [0.1, 0.15) is 0 Å². The Morgan fingerprint density at radius 1 is 1.11 bits per heavy atom. The molecule has 0 unspecified atom stereocenters. The number of rotatable bonds is 4. The van der Waals surface area contributed by atoms with Crippen LogP contribution in [0.3, 0.4) is 0 Å². The van der Waals surface area contributed by atoms with Crippen molar-refractivity contribution in [2.75, 3.05) is 51.7 Å². The van der Waals surface area contributed by atoms with Gasteiger partial charge in [-0.1, -0.05) is 6.92 Å². The van der Waals surface area contributed by atoms with Gasteiger partial charge < -0.3 is 20.0 Å². The van der Waals surface area contributed by atoms with Crippen LogP contribution in [0.25, 0.3) is 10.8 Å². The molecule has 3 rings (SSSR count). The minimum atomic E-state index is -0.0719. The predicted molar refractivity (Wildman–Crippen MR) is 110 cm³/mol. The molecule has 0 saturated carbocycles. The molecule has 0 spiro atoms. The van der Waals surface area contributed by atoms with Crippen molar-refractivity contribution >= 4 is 28.5 Å². The minimum absolute atomic E-state index is 0.0298. The third-order valence-corrected chi connectivity index (χ3v) is 4.98. The number of urea groups is 1. The van der Waals surface area contributed by atoms with E-state index in [0.29, 0.717) is 38.3 Å². The second kappa shape index (κ2) is 8.41. The molecule has 0 aliphatic carbocycles. The van der Waals surface area contributed by atoms with Crippen molar-refractivity contribution in [1.29, 1.82) is 0 Å². The first-order valence-corrected chi connectivity index (χ1v) is 9.68. The standard InChI is InChI=1S/C20H28N6O2/c1-5-8-21-19(27)15-6-7-16-17(13-15)14(2)22-23-18(16)25-9-11-26(12-10-25)20(28)24(3)4/h6-7,13H,5,8-12H2,1-4H3,(H,21,27). The van der Waals surface area contributed by atoms with E-state index >= 15 is 0 Å². The molecule has 8 nitrogen and oxygen atoms in total. The van der Waals surface area contributed by atoms with Gasteiger partial charge in [0.05, 0.1) is 5.69 Å². The maximum Gasteiger partial charge on any atom is 0.319 e. The molecule has 3 amide bonds. The molecule has 28 heavy (non-hydrogen) atoms. The number of carbonyl (C=O) groups is 2. The number of hydrogen-bond donors (Lipinski definition) is 1. The Labute approximate surface area is 165 Å². The van der Waals surface area contributed by atoms with Gasteiger partial charge in [0, 0.05) is 63.2 Å². The molecular formula is C20H28N6O2. The molecule has 1 aliphatic rings. The lowest BCUT2D eigenvalue weighted by molar-refractivity contribution is 0.0953. The van der Waals surface area contributed by atoms with Gasteiger partial charge in [-0.2, -0.15) is 5.10 Å². The van der Waals surface area contributed by atoms with Crippen molar-refractivity contribution in [3.05, 3.63) is 29.5 Å². The van der Waals surface area contributed by atoms with E-state index in [2.05, 4.69) is 20.4 Å². The Kier molecular flexibility index (Phi) is 5.96. The van der Waals surface area contributed by atoms with Crippen LogP contribution in [0.5, 0.6) is 0 Å². The Balaban J connectivity index is 1.84. The van der Waals surface area contributed by atoms with Gasteiger partial charge >= 0.3 is 6.03 Å². The van der Waals surface area contributed by atoms with Crippen molar-refractivity contribution in [3.63, 3.8) is 0 Å². The second-order valence-corrected chi connectivity index (χ2v) is 7.28. The molecular weight excluding hydrogens is 356 g/mol. The van der Waals surface area contributed by atoms with Gasteiger partial charge in [-0.15, -0.1) is 5.10 Å². The lowest BCUT2D eigenvalue weighted by Crippen LogP contribution is -2.51. The fraction of sp³-hybridized carbons (Fsp3) is 0.500. The van der Waals surface area contributed by atoms with Crippen LogP contribution >= 0.6 is 0 Å². The average molecular weight is 384 g/mol. The van der Waals surface area contributed by atoms with E-state index in [4.69, 9.17) is 0 Å². The number of aromatic nitrogens is 2. The number of anilines is 1. The molecule has 2 heterocycles. The van der Waals surface area contributed by atoms with Gasteiger partial charge in [-0.3, -0.25) is 4.79 Å². The van der Waals surface area contributed by atoms with Crippen LogP contribution in [-0.2, 0) is 0 Å². The van der Waals surface area contributed by atoms with Crippen molar-refractivity contribution in [2.24, 2.45) is 0 Å². The van der Waals surface area contributed by atoms with Crippen LogP contribution in [0.2, 0.25) is 0 Å². The zero-order chi connectivity index (χ0) is 20.3. The molecule has 1 aromatic carbocycles. The molecule has 1 saturated heterocycles. The summed E-state index contributed by atoms with van der Waals surface area (Å²) in [6, 6.07) is 5.70. The summed E-state index contributed by atoms with van der Waals surface area (Å²) in [5.74, 6) is 0.732. The van der Waals surface area contributed by atoms with Gasteiger partial charge in [0.25, 0.3) is 5.91 Å². The Hall–Kier alpha value is -2.90. The van der Waals surface area contributed by atoms with Crippen LogP contribution in [-0.4, -0.2) is 78.8 Å². The number of aryl methyl sites for hydroxylation is 1. The quantitative estimate of drug-likeness (QED) is 0.870. The maximum atomic E-state index is 12.3. The normalized spacial score (nSPS) is 14.3. The summed E-state index contributed by atoms with van der Waals surface area (Å²) in [5.41, 5.74) is 1.43. The highest BCUT2D eigenvalue weighted by atomic mass is 16.2. The summed E-state index contributed by atoms with van der Waals surface area (Å²) >= 11 is 0. The van der Waals surface area contributed by atoms with Crippen molar-refractivity contribution < 1.29 is 9.59 Å². The number of carbonyl (C=O) groups excluding carboxylic acids is 2. The highest BCUT2D eigenvalue weighted by Crippen LogP contribution is 2.27. The topological polar surface area (TPSA) is 81.7 Å². The number of amides is 3. The lowest BCUT2D eigenvalue weighted by atomic mass is 10.1. The summed E-state index contributed by atoms with van der Waals surface area (Å²) < 4.78 is 0. The molecule has 1 aliphatic heterocycles. The molecule has 8 heteroatoms. The van der Waals surface area contributed by atoms with Crippen molar-refractivity contribution in [3.8, 4) is 0 Å². The van der Waals surface area contributed by atoms with Gasteiger partial charge in [0.15, 0.2) is 5.82 Å². The summed E-state index contributed by atoms with van der Waals surface area (Å²) in [5, 5.41) is 13.6. The fourth-order valence-electron chi connectivity index (χ4n) is 3.38. The molecule has 150 valence electrons. The number of hydrogen-bond acceptors (Lipinski definition) is 5. The van der Waals surface area contributed by atoms with Gasteiger partial charge in [-0.25, -0.2) is 4.79 Å². The summed E-state index contributed by atoms with van der Waals surface area (Å²) in [6.07, 6.45) is 0.899. The van der Waals surface area contributed by atoms with Crippen LogP contribution in [0.4, 0.5) is 10.6 Å². The van der Waals surface area contributed by atoms with E-state index in [-0.39, 0.29) is 11.9 Å². The zero-order valence-corrected chi connectivity index (χ0v) is 17.0. The fourth-order valence-corrected chi connectivity index (χ4v) is 3.38. The summed E-state index contributed by atoms with van der Waals surface area (Å²) in [4.78, 5) is 30.0. The number of piperazine rings is 1. The summed E-state index contributed by atoms with van der Waals surface area (Å²) in [7, 11) is 3.53. The first-order valence-electron chi connectivity index (χ1n) is 9.68. The highest BCUT2D eigenvalue weighted by Gasteiger charge is 2.24. The molecule has 0 atom stereocenters. The largest absolute Gasteiger partial charge is 0.352 e. The zero-order valence-electron chi connectivity index (χ0n) is 17.0. The minimum Gasteiger partial charge on any atom is -0.352 e. The molecule has 1 aromatic heterocycles. The van der Waals surface area contributed by atoms with Crippen LogP contribution in [0.15, 0.2) is 18.2 Å². The van der Waals surface area contributed by atoms with Crippen LogP contribution in [0, 0.1) is 6.92 Å². The van der Waals surface area contributed by atoms with Crippen LogP contribution < -0.4 is 10.2 Å². The monoisotopic (exact) mass is 384 g/mol. The molecule has 2 aromatic rings. The van der Waals surface area contributed by atoms with Gasteiger partial charge in [-0.05, 0) is 31.5 Å². The Morgan fingerprint density at radius 2 is 1.82 bits per heavy atom. The lowest BCUT2D eigenvalue weighted by Gasteiger charge is -2.36. The third kappa shape index (κ3) is 4.00. The van der Waals surface area contributed by atoms with Gasteiger partial charge in [0.2, 0.25) is 0 Å².